The Bertz CT molecular complexity index is 804. The number of thioether (sulfide) groups is 1. The summed E-state index contributed by atoms with van der Waals surface area (Å²) in [4.78, 5) is 12.5. The van der Waals surface area contributed by atoms with Crippen molar-refractivity contribution in [1.29, 1.82) is 0 Å². The third-order valence-corrected chi connectivity index (χ3v) is 5.98. The number of nitrogens with one attached hydrogen (secondary N) is 1. The van der Waals surface area contributed by atoms with E-state index < -0.39 is 27.6 Å². The lowest BCUT2D eigenvalue weighted by Gasteiger charge is -2.24. The average molecular weight is 444 g/mol. The Hall–Kier alpha value is -1.73. The molecule has 0 aliphatic rings. The number of aliphatic hydroxyl groups is 1. The van der Waals surface area contributed by atoms with Gasteiger partial charge in [-0.2, -0.15) is 16.5 Å². The van der Waals surface area contributed by atoms with Crippen molar-refractivity contribution in [3.8, 4) is 17.6 Å². The number of rotatable bonds is 11. The maximum atomic E-state index is 12.7. The SMILES string of the molecule is CC#CCOc1ccc(S(=O)(=O)N[C@H](CSCCCO)C(=O)OC(C)(C)C)cc1. The number of esters is 1. The first-order valence-corrected chi connectivity index (χ1v) is 11.8. The largest absolute Gasteiger partial charge is 0.481 e. The van der Waals surface area contributed by atoms with E-state index in [1.54, 1.807) is 27.7 Å². The molecule has 0 saturated heterocycles. The second-order valence-electron chi connectivity index (χ2n) is 7.05. The van der Waals surface area contributed by atoms with E-state index >= 15 is 0 Å². The van der Waals surface area contributed by atoms with Crippen LogP contribution in [0.15, 0.2) is 29.2 Å². The van der Waals surface area contributed by atoms with Crippen LogP contribution in [0.5, 0.6) is 5.75 Å². The zero-order valence-corrected chi connectivity index (χ0v) is 18.9. The van der Waals surface area contributed by atoms with Gasteiger partial charge in [-0.3, -0.25) is 4.79 Å². The highest BCUT2D eigenvalue weighted by Gasteiger charge is 2.29. The molecule has 2 N–H and O–H groups in total. The predicted octanol–water partition coefficient (Wildman–Crippen LogP) is 2.19. The van der Waals surface area contributed by atoms with Crippen molar-refractivity contribution in [3.63, 3.8) is 0 Å². The summed E-state index contributed by atoms with van der Waals surface area (Å²) in [5.41, 5.74) is -0.739. The van der Waals surface area contributed by atoms with Crippen LogP contribution in [0, 0.1) is 11.8 Å². The van der Waals surface area contributed by atoms with Crippen molar-refractivity contribution >= 4 is 27.8 Å². The van der Waals surface area contributed by atoms with Crippen LogP contribution in [-0.4, -0.2) is 55.9 Å². The summed E-state index contributed by atoms with van der Waals surface area (Å²) in [6.45, 7) is 7.11. The third kappa shape index (κ3) is 10.0. The summed E-state index contributed by atoms with van der Waals surface area (Å²) in [5.74, 6) is 6.11. The van der Waals surface area contributed by atoms with Crippen molar-refractivity contribution in [2.45, 2.75) is 50.7 Å². The number of sulfonamides is 1. The van der Waals surface area contributed by atoms with Crippen molar-refractivity contribution in [1.82, 2.24) is 4.72 Å². The van der Waals surface area contributed by atoms with Gasteiger partial charge in [-0.15, -0.1) is 5.92 Å². The lowest BCUT2D eigenvalue weighted by molar-refractivity contribution is -0.156. The van der Waals surface area contributed by atoms with Gasteiger partial charge >= 0.3 is 5.97 Å². The molecule has 1 rings (SSSR count). The molecule has 0 fully saturated rings. The fraction of sp³-hybridized carbons (Fsp3) is 0.550. The number of carbonyl (C=O) groups is 1. The standard InChI is InChI=1S/C20H29NO6S2/c1-5-6-13-26-16-8-10-17(11-9-16)29(24,25)21-18(15-28-14-7-12-22)19(23)27-20(2,3)4/h8-11,18,21-22H,7,12-15H2,1-4H3/t18-/m1/s1. The third-order valence-electron chi connectivity index (χ3n) is 3.34. The zero-order chi connectivity index (χ0) is 21.9. The van der Waals surface area contributed by atoms with E-state index in [0.717, 1.165) is 0 Å². The molecule has 29 heavy (non-hydrogen) atoms. The molecule has 1 aromatic rings. The molecule has 0 radical (unpaired) electrons. The summed E-state index contributed by atoms with van der Waals surface area (Å²) in [6, 6.07) is 4.83. The molecule has 0 bridgehead atoms. The molecule has 0 spiro atoms. The van der Waals surface area contributed by atoms with Crippen LogP contribution in [0.4, 0.5) is 0 Å². The lowest BCUT2D eigenvalue weighted by atomic mass is 10.2. The Morgan fingerprint density at radius 2 is 1.93 bits per heavy atom. The summed E-state index contributed by atoms with van der Waals surface area (Å²) in [6.07, 6.45) is 0.558. The summed E-state index contributed by atoms with van der Waals surface area (Å²) in [7, 11) is -3.94. The summed E-state index contributed by atoms with van der Waals surface area (Å²) >= 11 is 1.37. The number of aliphatic hydroxyl groups excluding tert-OH is 1. The fourth-order valence-corrected chi connectivity index (χ4v) is 4.30. The van der Waals surface area contributed by atoms with Crippen molar-refractivity contribution in [3.05, 3.63) is 24.3 Å². The highest BCUT2D eigenvalue weighted by Crippen LogP contribution is 2.18. The molecule has 0 aliphatic heterocycles. The number of carbonyl (C=O) groups excluding carboxylic acids is 1. The minimum absolute atomic E-state index is 0.0142. The van der Waals surface area contributed by atoms with E-state index in [2.05, 4.69) is 16.6 Å². The molecule has 0 aromatic heterocycles. The van der Waals surface area contributed by atoms with Gasteiger partial charge in [0.05, 0.1) is 4.90 Å². The Kier molecular flexibility index (Phi) is 10.5. The number of hydrogen-bond donors (Lipinski definition) is 2. The van der Waals surface area contributed by atoms with Crippen molar-refractivity contribution < 1.29 is 27.8 Å². The molecule has 7 nitrogen and oxygen atoms in total. The molecule has 0 amide bonds. The highest BCUT2D eigenvalue weighted by molar-refractivity contribution is 7.99. The minimum atomic E-state index is -3.94. The van der Waals surface area contributed by atoms with Gasteiger partial charge in [0.15, 0.2) is 0 Å². The summed E-state index contributed by atoms with van der Waals surface area (Å²) < 4.78 is 38.6. The fourth-order valence-electron chi connectivity index (χ4n) is 2.05. The van der Waals surface area contributed by atoms with Crippen molar-refractivity contribution in [2.75, 3.05) is 24.7 Å². The predicted molar refractivity (Wildman–Crippen MR) is 114 cm³/mol. The lowest BCUT2D eigenvalue weighted by Crippen LogP contribution is -2.45. The second-order valence-corrected chi connectivity index (χ2v) is 9.91. The van der Waals surface area contributed by atoms with Crippen LogP contribution in [-0.2, 0) is 19.6 Å². The zero-order valence-electron chi connectivity index (χ0n) is 17.2. The number of hydrogen-bond acceptors (Lipinski definition) is 7. The molecular weight excluding hydrogens is 414 g/mol. The van der Waals surface area contributed by atoms with Crippen molar-refractivity contribution in [2.24, 2.45) is 0 Å². The highest BCUT2D eigenvalue weighted by atomic mass is 32.2. The van der Waals surface area contributed by atoms with E-state index in [-0.39, 0.29) is 23.9 Å². The second kappa shape index (κ2) is 12.1. The molecule has 0 heterocycles. The minimum Gasteiger partial charge on any atom is -0.481 e. The van der Waals surface area contributed by atoms with Crippen LogP contribution in [0.25, 0.3) is 0 Å². The maximum absolute atomic E-state index is 12.7. The van der Waals surface area contributed by atoms with Crippen LogP contribution < -0.4 is 9.46 Å². The topological polar surface area (TPSA) is 102 Å². The molecule has 1 aromatic carbocycles. The quantitative estimate of drug-likeness (QED) is 0.307. The summed E-state index contributed by atoms with van der Waals surface area (Å²) in [5, 5.41) is 8.89. The number of benzene rings is 1. The normalized spacial score (nSPS) is 12.6. The number of ether oxygens (including phenoxy) is 2. The first-order chi connectivity index (χ1) is 13.6. The first-order valence-electron chi connectivity index (χ1n) is 9.15. The van der Waals surface area contributed by atoms with E-state index in [1.807, 2.05) is 0 Å². The van der Waals surface area contributed by atoms with Crippen LogP contribution in [0.3, 0.4) is 0 Å². The van der Waals surface area contributed by atoms with E-state index in [4.69, 9.17) is 14.6 Å². The molecule has 0 saturated carbocycles. The van der Waals surface area contributed by atoms with Gasteiger partial charge in [0.2, 0.25) is 10.0 Å². The van der Waals surface area contributed by atoms with E-state index in [9.17, 15) is 13.2 Å². The van der Waals surface area contributed by atoms with E-state index in [0.29, 0.717) is 17.9 Å². The Balaban J connectivity index is 2.89. The van der Waals surface area contributed by atoms with Gasteiger partial charge in [-0.05, 0) is 64.1 Å². The Morgan fingerprint density at radius 1 is 1.28 bits per heavy atom. The Labute approximate surface area is 177 Å². The monoisotopic (exact) mass is 443 g/mol. The van der Waals surface area contributed by atoms with Gasteiger partial charge in [-0.1, -0.05) is 5.92 Å². The molecule has 162 valence electrons. The Morgan fingerprint density at radius 3 is 2.48 bits per heavy atom. The molecular formula is C20H29NO6S2. The molecule has 9 heteroatoms. The average Bonchev–Trinajstić information content (AvgIpc) is 2.63. The van der Waals surface area contributed by atoms with Gasteiger partial charge in [0, 0.05) is 12.4 Å². The maximum Gasteiger partial charge on any atom is 0.325 e. The molecule has 0 unspecified atom stereocenters. The molecule has 1 atom stereocenters. The van der Waals surface area contributed by atoms with Crippen LogP contribution in [0.2, 0.25) is 0 Å². The van der Waals surface area contributed by atoms with Gasteiger partial charge in [-0.25, -0.2) is 8.42 Å². The van der Waals surface area contributed by atoms with Gasteiger partial charge < -0.3 is 14.6 Å². The van der Waals surface area contributed by atoms with Gasteiger partial charge in [0.25, 0.3) is 0 Å². The van der Waals surface area contributed by atoms with E-state index in [1.165, 1.54) is 36.0 Å². The van der Waals surface area contributed by atoms with Crippen LogP contribution in [0.1, 0.15) is 34.1 Å². The van der Waals surface area contributed by atoms with Crippen LogP contribution >= 0.6 is 11.8 Å². The van der Waals surface area contributed by atoms with Gasteiger partial charge in [0.1, 0.15) is 24.0 Å². The smallest absolute Gasteiger partial charge is 0.325 e. The first kappa shape index (κ1) is 25.3. The molecule has 0 aliphatic carbocycles.